The molecule has 4 nitrogen and oxygen atoms in total. The Morgan fingerprint density at radius 3 is 2.96 bits per heavy atom. The summed E-state index contributed by atoms with van der Waals surface area (Å²) >= 11 is 0. The lowest BCUT2D eigenvalue weighted by Crippen LogP contribution is -2.46. The van der Waals surface area contributed by atoms with E-state index < -0.39 is 0 Å². The van der Waals surface area contributed by atoms with Gasteiger partial charge in [-0.05, 0) is 43.2 Å². The zero-order chi connectivity index (χ0) is 16.1. The van der Waals surface area contributed by atoms with Crippen molar-refractivity contribution < 1.29 is 4.79 Å². The SMILES string of the molecule is CCNC(=O)[C@@H]1C=C2c3cccc4c3c(cn4C)C[C@H]2N(C)C1. The molecule has 0 unspecified atom stereocenters. The van der Waals surface area contributed by atoms with Gasteiger partial charge in [-0.25, -0.2) is 0 Å². The van der Waals surface area contributed by atoms with Gasteiger partial charge >= 0.3 is 0 Å². The predicted octanol–water partition coefficient (Wildman–Crippen LogP) is 2.18. The molecule has 1 N–H and O–H groups in total. The average molecular weight is 309 g/mol. The Morgan fingerprint density at radius 2 is 2.17 bits per heavy atom. The maximum Gasteiger partial charge on any atom is 0.228 e. The van der Waals surface area contributed by atoms with E-state index in [0.29, 0.717) is 12.6 Å². The lowest BCUT2D eigenvalue weighted by Gasteiger charge is -2.39. The Kier molecular flexibility index (Phi) is 3.31. The van der Waals surface area contributed by atoms with E-state index >= 15 is 0 Å². The normalized spacial score (nSPS) is 23.5. The molecular formula is C19H23N3O. The van der Waals surface area contributed by atoms with Crippen LogP contribution in [0.2, 0.25) is 0 Å². The van der Waals surface area contributed by atoms with Gasteiger partial charge in [0.2, 0.25) is 5.91 Å². The summed E-state index contributed by atoms with van der Waals surface area (Å²) in [6, 6.07) is 6.89. The number of rotatable bonds is 2. The Bertz CT molecular complexity index is 817. The van der Waals surface area contributed by atoms with Crippen LogP contribution < -0.4 is 5.32 Å². The number of amides is 1. The maximum atomic E-state index is 12.3. The first kappa shape index (κ1) is 14.5. The largest absolute Gasteiger partial charge is 0.356 e. The molecule has 1 aromatic carbocycles. The molecule has 1 aliphatic carbocycles. The van der Waals surface area contributed by atoms with Crippen molar-refractivity contribution in [2.75, 3.05) is 20.1 Å². The van der Waals surface area contributed by atoms with Crippen molar-refractivity contribution in [3.63, 3.8) is 0 Å². The van der Waals surface area contributed by atoms with Crippen LogP contribution in [0.15, 0.2) is 30.5 Å². The van der Waals surface area contributed by atoms with Crippen LogP contribution in [0.3, 0.4) is 0 Å². The summed E-state index contributed by atoms with van der Waals surface area (Å²) in [5, 5.41) is 4.33. The Balaban J connectivity index is 1.87. The second kappa shape index (κ2) is 5.24. The van der Waals surface area contributed by atoms with E-state index in [2.05, 4.69) is 59.4 Å². The highest BCUT2D eigenvalue weighted by molar-refractivity contribution is 5.99. The van der Waals surface area contributed by atoms with E-state index in [1.54, 1.807) is 0 Å². The number of nitrogens with one attached hydrogen (secondary N) is 1. The van der Waals surface area contributed by atoms with Gasteiger partial charge in [-0.2, -0.15) is 0 Å². The first-order valence-corrected chi connectivity index (χ1v) is 8.37. The third kappa shape index (κ3) is 2.12. The van der Waals surface area contributed by atoms with Crippen molar-refractivity contribution >= 4 is 22.4 Å². The number of carbonyl (C=O) groups excluding carboxylic acids is 1. The number of likely N-dealkylation sites (N-methyl/N-ethyl adjacent to an activating group) is 1. The summed E-state index contributed by atoms with van der Waals surface area (Å²) in [4.78, 5) is 14.7. The molecule has 2 atom stereocenters. The molecule has 23 heavy (non-hydrogen) atoms. The summed E-state index contributed by atoms with van der Waals surface area (Å²) < 4.78 is 2.22. The fourth-order valence-electron chi connectivity index (χ4n) is 4.20. The molecule has 2 aromatic rings. The second-order valence-electron chi connectivity index (χ2n) is 6.75. The van der Waals surface area contributed by atoms with Crippen LogP contribution in [0, 0.1) is 5.92 Å². The highest BCUT2D eigenvalue weighted by Gasteiger charge is 2.35. The lowest BCUT2D eigenvalue weighted by atomic mass is 9.80. The van der Waals surface area contributed by atoms with E-state index in [0.717, 1.165) is 13.0 Å². The molecule has 1 aromatic heterocycles. The molecule has 2 heterocycles. The molecule has 0 spiro atoms. The fraction of sp³-hybridized carbons (Fsp3) is 0.421. The van der Waals surface area contributed by atoms with Crippen LogP contribution in [-0.2, 0) is 18.3 Å². The Hall–Kier alpha value is -2.07. The summed E-state index contributed by atoms with van der Waals surface area (Å²) in [6.45, 7) is 3.44. The topological polar surface area (TPSA) is 37.3 Å². The van der Waals surface area contributed by atoms with Crippen LogP contribution in [0.25, 0.3) is 16.5 Å². The van der Waals surface area contributed by atoms with Crippen molar-refractivity contribution in [3.8, 4) is 0 Å². The van der Waals surface area contributed by atoms with E-state index in [-0.39, 0.29) is 11.8 Å². The molecular weight excluding hydrogens is 286 g/mol. The summed E-state index contributed by atoms with van der Waals surface area (Å²) in [7, 11) is 4.25. The van der Waals surface area contributed by atoms with Crippen molar-refractivity contribution in [2.24, 2.45) is 13.0 Å². The number of hydrogen-bond acceptors (Lipinski definition) is 2. The van der Waals surface area contributed by atoms with Crippen molar-refractivity contribution in [3.05, 3.63) is 41.6 Å². The minimum Gasteiger partial charge on any atom is -0.356 e. The third-order valence-electron chi connectivity index (χ3n) is 5.26. The van der Waals surface area contributed by atoms with Gasteiger partial charge in [0.1, 0.15) is 0 Å². The van der Waals surface area contributed by atoms with Crippen LogP contribution in [0.5, 0.6) is 0 Å². The van der Waals surface area contributed by atoms with Crippen LogP contribution in [0.4, 0.5) is 0 Å². The van der Waals surface area contributed by atoms with E-state index in [1.807, 2.05) is 6.92 Å². The van der Waals surface area contributed by atoms with Gasteiger partial charge in [0.25, 0.3) is 0 Å². The van der Waals surface area contributed by atoms with Crippen molar-refractivity contribution in [1.29, 1.82) is 0 Å². The van der Waals surface area contributed by atoms with Gasteiger partial charge in [0.05, 0.1) is 5.92 Å². The number of benzene rings is 1. The minimum atomic E-state index is -0.0632. The van der Waals surface area contributed by atoms with E-state index in [4.69, 9.17) is 0 Å². The average Bonchev–Trinajstić information content (AvgIpc) is 2.86. The Labute approximate surface area is 136 Å². The van der Waals surface area contributed by atoms with Crippen LogP contribution in [0.1, 0.15) is 18.1 Å². The van der Waals surface area contributed by atoms with Gasteiger partial charge in [-0.15, -0.1) is 0 Å². The Morgan fingerprint density at radius 1 is 1.35 bits per heavy atom. The van der Waals surface area contributed by atoms with Crippen molar-refractivity contribution in [2.45, 2.75) is 19.4 Å². The number of carbonyl (C=O) groups is 1. The first-order chi connectivity index (χ1) is 11.1. The molecule has 0 saturated carbocycles. The highest BCUT2D eigenvalue weighted by atomic mass is 16.1. The molecule has 2 aliphatic rings. The zero-order valence-corrected chi connectivity index (χ0v) is 14.0. The first-order valence-electron chi connectivity index (χ1n) is 8.37. The predicted molar refractivity (Wildman–Crippen MR) is 93.2 cm³/mol. The minimum absolute atomic E-state index is 0.0632. The van der Waals surface area contributed by atoms with E-state index in [9.17, 15) is 4.79 Å². The molecule has 120 valence electrons. The monoisotopic (exact) mass is 309 g/mol. The second-order valence-corrected chi connectivity index (χ2v) is 6.75. The highest BCUT2D eigenvalue weighted by Crippen LogP contribution is 2.41. The third-order valence-corrected chi connectivity index (χ3v) is 5.26. The van der Waals surface area contributed by atoms with Crippen LogP contribution in [-0.4, -0.2) is 41.6 Å². The fourth-order valence-corrected chi connectivity index (χ4v) is 4.20. The molecule has 0 saturated heterocycles. The van der Waals surface area contributed by atoms with Gasteiger partial charge < -0.3 is 9.88 Å². The summed E-state index contributed by atoms with van der Waals surface area (Å²) in [6.07, 6.45) is 5.49. The van der Waals surface area contributed by atoms with Gasteiger partial charge in [0.15, 0.2) is 0 Å². The summed E-state index contributed by atoms with van der Waals surface area (Å²) in [5.74, 6) is 0.0723. The molecule has 0 fully saturated rings. The number of hydrogen-bond donors (Lipinski definition) is 1. The molecule has 4 heteroatoms. The standard InChI is InChI=1S/C19H23N3O/c1-4-20-19(23)13-8-15-14-6-5-7-16-18(14)12(10-21(16)2)9-17(15)22(3)11-13/h5-8,10,13,17H,4,9,11H2,1-3H3,(H,20,23)/t13-,17-/m1/s1. The van der Waals surface area contributed by atoms with Gasteiger partial charge in [-0.1, -0.05) is 18.2 Å². The van der Waals surface area contributed by atoms with E-state index in [1.165, 1.54) is 27.6 Å². The molecule has 0 radical (unpaired) electrons. The number of aromatic nitrogens is 1. The molecule has 4 rings (SSSR count). The maximum absolute atomic E-state index is 12.3. The summed E-state index contributed by atoms with van der Waals surface area (Å²) in [5.41, 5.74) is 5.32. The molecule has 1 amide bonds. The number of aryl methyl sites for hydroxylation is 1. The quantitative estimate of drug-likeness (QED) is 0.923. The van der Waals surface area contributed by atoms with Crippen LogP contribution >= 0.6 is 0 Å². The smallest absolute Gasteiger partial charge is 0.228 e. The molecule has 0 bridgehead atoms. The number of nitrogens with zero attached hydrogens (tertiary/aromatic N) is 2. The van der Waals surface area contributed by atoms with Gasteiger partial charge in [-0.3, -0.25) is 9.69 Å². The zero-order valence-electron chi connectivity index (χ0n) is 14.0. The van der Waals surface area contributed by atoms with Gasteiger partial charge in [0, 0.05) is 43.3 Å². The number of fused-ring (bicyclic) bond motifs is 2. The molecule has 1 aliphatic heterocycles. The van der Waals surface area contributed by atoms with Crippen molar-refractivity contribution in [1.82, 2.24) is 14.8 Å². The lowest BCUT2D eigenvalue weighted by molar-refractivity contribution is -0.124.